The summed E-state index contributed by atoms with van der Waals surface area (Å²) in [7, 11) is 0. The molecule has 0 aliphatic carbocycles. The van der Waals surface area contributed by atoms with Gasteiger partial charge >= 0.3 is 5.97 Å². The van der Waals surface area contributed by atoms with Gasteiger partial charge in [-0.15, -0.1) is 0 Å². The lowest BCUT2D eigenvalue weighted by molar-refractivity contribution is -0.149. The molecule has 0 spiro atoms. The minimum absolute atomic E-state index is 0.0274. The van der Waals surface area contributed by atoms with Crippen molar-refractivity contribution in [3.05, 3.63) is 75.7 Å². The summed E-state index contributed by atoms with van der Waals surface area (Å²) in [6.45, 7) is 7.23. The third kappa shape index (κ3) is 8.14. The van der Waals surface area contributed by atoms with Crippen molar-refractivity contribution in [3.8, 4) is 5.75 Å². The number of amides is 1. The molecule has 216 valence electrons. The minimum Gasteiger partial charge on any atom is -0.479 e. The first-order valence-electron chi connectivity index (χ1n) is 12.4. The molecule has 2 aromatic carbocycles. The molecule has 1 N–H and O–H groups in total. The number of rotatable bonds is 10. The van der Waals surface area contributed by atoms with Crippen LogP contribution in [0.2, 0.25) is 0 Å². The molecular formula is C28H30F4N2O6. The van der Waals surface area contributed by atoms with Crippen LogP contribution in [-0.2, 0) is 25.7 Å². The maximum Gasteiger partial charge on any atom is 0.308 e. The molecule has 0 fully saturated rings. The second kappa shape index (κ2) is 14.2. The van der Waals surface area contributed by atoms with Crippen LogP contribution in [0.3, 0.4) is 0 Å². The quantitative estimate of drug-likeness (QED) is 0.222. The summed E-state index contributed by atoms with van der Waals surface area (Å²) >= 11 is 0. The summed E-state index contributed by atoms with van der Waals surface area (Å²) in [5, 5.41) is 3.31. The molecule has 1 amide bonds. The average molecular weight is 567 g/mol. The molecule has 0 saturated heterocycles. The molecule has 0 saturated carbocycles. The summed E-state index contributed by atoms with van der Waals surface area (Å²) in [6.07, 6.45) is 0.153. The number of nitrogens with one attached hydrogen (secondary N) is 1. The molecule has 0 bridgehead atoms. The number of ketones is 1. The van der Waals surface area contributed by atoms with Crippen LogP contribution >= 0.6 is 0 Å². The van der Waals surface area contributed by atoms with Gasteiger partial charge in [-0.25, -0.2) is 8.78 Å². The molecule has 0 aliphatic rings. The maximum atomic E-state index is 13.9. The summed E-state index contributed by atoms with van der Waals surface area (Å²) in [4.78, 5) is 50.4. The molecule has 1 unspecified atom stereocenters. The molecule has 1 heterocycles. The Morgan fingerprint density at radius 2 is 1.60 bits per heavy atom. The van der Waals surface area contributed by atoms with E-state index >= 15 is 0 Å². The summed E-state index contributed by atoms with van der Waals surface area (Å²) < 4.78 is 65.4. The van der Waals surface area contributed by atoms with E-state index in [2.05, 4.69) is 10.1 Å². The molecular weight excluding hydrogens is 536 g/mol. The predicted octanol–water partition coefficient (Wildman–Crippen LogP) is 4.37. The van der Waals surface area contributed by atoms with Gasteiger partial charge in [0, 0.05) is 17.6 Å². The molecule has 1 atom stereocenters. The van der Waals surface area contributed by atoms with Crippen LogP contribution in [0.25, 0.3) is 10.8 Å². The van der Waals surface area contributed by atoms with E-state index in [1.54, 1.807) is 39.0 Å². The van der Waals surface area contributed by atoms with Gasteiger partial charge in [0.15, 0.2) is 23.2 Å². The standard InChI is InChI=1S/C26H24F4N2O6.C2H6/c1-13(2)38-22(35)10-19(20(33)12-37-25-23(29)17(27)9-18(28)24(25)30)31-21(34)11-32-7-6-15-5-4-14(3)8-16(15)26(32)36;1-2/h4-9,13,19H,10-12H2,1-3H3,(H,31,34);1-2H3. The Kier molecular flexibility index (Phi) is 11.4. The number of hydrogen-bond donors (Lipinski definition) is 1. The van der Waals surface area contributed by atoms with Crippen LogP contribution in [-0.4, -0.2) is 41.0 Å². The number of carbonyl (C=O) groups excluding carboxylic acids is 3. The molecule has 1 aromatic heterocycles. The Bertz CT molecular complexity index is 1430. The Hall–Kier alpha value is -4.22. The van der Waals surface area contributed by atoms with E-state index in [-0.39, 0.29) is 6.07 Å². The van der Waals surface area contributed by atoms with Gasteiger partial charge in [0.1, 0.15) is 19.2 Å². The average Bonchev–Trinajstić information content (AvgIpc) is 2.89. The molecule has 0 radical (unpaired) electrons. The summed E-state index contributed by atoms with van der Waals surface area (Å²) in [5.74, 6) is -11.5. The number of aryl methyl sites for hydroxylation is 1. The molecule has 40 heavy (non-hydrogen) atoms. The number of ether oxygens (including phenoxy) is 2. The number of hydrogen-bond acceptors (Lipinski definition) is 6. The van der Waals surface area contributed by atoms with Crippen molar-refractivity contribution in [2.45, 2.75) is 59.7 Å². The molecule has 8 nitrogen and oxygen atoms in total. The number of halogens is 4. The predicted molar refractivity (Wildman–Crippen MR) is 139 cm³/mol. The first-order chi connectivity index (χ1) is 18.9. The number of carbonyl (C=O) groups is 3. The van der Waals surface area contributed by atoms with E-state index in [1.807, 2.05) is 19.9 Å². The Morgan fingerprint density at radius 3 is 2.20 bits per heavy atom. The number of nitrogens with zero attached hydrogens (tertiary/aromatic N) is 1. The normalized spacial score (nSPS) is 11.4. The van der Waals surface area contributed by atoms with Gasteiger partial charge in [-0.3, -0.25) is 19.2 Å². The van der Waals surface area contributed by atoms with Crippen LogP contribution in [0, 0.1) is 30.2 Å². The third-order valence-electron chi connectivity index (χ3n) is 5.34. The summed E-state index contributed by atoms with van der Waals surface area (Å²) in [6, 6.07) is 5.23. The third-order valence-corrected chi connectivity index (χ3v) is 5.34. The van der Waals surface area contributed by atoms with E-state index in [1.165, 1.54) is 6.20 Å². The fraction of sp³-hybridized carbons (Fsp3) is 0.357. The van der Waals surface area contributed by atoms with Gasteiger partial charge in [0.25, 0.3) is 5.56 Å². The Morgan fingerprint density at radius 1 is 0.975 bits per heavy atom. The van der Waals surface area contributed by atoms with Crippen LogP contribution in [0.5, 0.6) is 5.75 Å². The monoisotopic (exact) mass is 566 g/mol. The fourth-order valence-corrected chi connectivity index (χ4v) is 3.56. The Balaban J connectivity index is 0.00000274. The van der Waals surface area contributed by atoms with Crippen molar-refractivity contribution in [2.75, 3.05) is 6.61 Å². The number of benzene rings is 2. The van der Waals surface area contributed by atoms with Gasteiger partial charge in [-0.1, -0.05) is 31.5 Å². The zero-order valence-corrected chi connectivity index (χ0v) is 22.6. The first kappa shape index (κ1) is 32.0. The van der Waals surface area contributed by atoms with Gasteiger partial charge in [0.2, 0.25) is 17.5 Å². The van der Waals surface area contributed by atoms with Gasteiger partial charge in [-0.05, 0) is 38.3 Å². The van der Waals surface area contributed by atoms with E-state index in [4.69, 9.17) is 4.74 Å². The second-order valence-electron chi connectivity index (χ2n) is 8.75. The van der Waals surface area contributed by atoms with E-state index in [0.29, 0.717) is 10.8 Å². The first-order valence-corrected chi connectivity index (χ1v) is 12.4. The maximum absolute atomic E-state index is 13.9. The topological polar surface area (TPSA) is 104 Å². The number of aromatic nitrogens is 1. The van der Waals surface area contributed by atoms with Crippen molar-refractivity contribution >= 4 is 28.4 Å². The van der Waals surface area contributed by atoms with Crippen molar-refractivity contribution in [1.82, 2.24) is 9.88 Å². The van der Waals surface area contributed by atoms with Gasteiger partial charge in [-0.2, -0.15) is 8.78 Å². The summed E-state index contributed by atoms with van der Waals surface area (Å²) in [5.41, 5.74) is 0.364. The Labute approximate surface area is 227 Å². The number of Topliss-reactive ketones (excluding diaryl/α,β-unsaturated/α-hetero) is 1. The SMILES string of the molecule is CC.Cc1ccc2ccn(CC(=O)NC(CC(=O)OC(C)C)C(=O)COc3c(F)c(F)cc(F)c3F)c(=O)c2c1. The van der Waals surface area contributed by atoms with Crippen LogP contribution in [0.4, 0.5) is 17.6 Å². The highest BCUT2D eigenvalue weighted by Crippen LogP contribution is 2.26. The van der Waals surface area contributed by atoms with E-state index in [9.17, 15) is 36.7 Å². The van der Waals surface area contributed by atoms with Gasteiger partial charge < -0.3 is 19.4 Å². The lowest BCUT2D eigenvalue weighted by Crippen LogP contribution is -2.46. The van der Waals surface area contributed by atoms with Crippen molar-refractivity contribution < 1.29 is 41.4 Å². The fourth-order valence-electron chi connectivity index (χ4n) is 3.56. The van der Waals surface area contributed by atoms with Crippen molar-refractivity contribution in [2.24, 2.45) is 0 Å². The highest BCUT2D eigenvalue weighted by atomic mass is 19.2. The van der Waals surface area contributed by atoms with Crippen molar-refractivity contribution in [3.63, 3.8) is 0 Å². The number of esters is 1. The molecule has 3 rings (SSSR count). The smallest absolute Gasteiger partial charge is 0.308 e. The number of pyridine rings is 1. The lowest BCUT2D eigenvalue weighted by Gasteiger charge is -2.19. The lowest BCUT2D eigenvalue weighted by atomic mass is 10.1. The minimum atomic E-state index is -1.86. The van der Waals surface area contributed by atoms with Gasteiger partial charge in [0.05, 0.1) is 12.5 Å². The largest absolute Gasteiger partial charge is 0.479 e. The molecule has 12 heteroatoms. The van der Waals surface area contributed by atoms with Crippen LogP contribution in [0.1, 0.15) is 39.7 Å². The zero-order chi connectivity index (χ0) is 30.1. The van der Waals surface area contributed by atoms with E-state index in [0.717, 1.165) is 10.1 Å². The van der Waals surface area contributed by atoms with E-state index < -0.39 is 84.0 Å². The van der Waals surface area contributed by atoms with Crippen LogP contribution < -0.4 is 15.6 Å². The highest BCUT2D eigenvalue weighted by Gasteiger charge is 2.28. The number of fused-ring (bicyclic) bond motifs is 1. The zero-order valence-electron chi connectivity index (χ0n) is 22.6. The highest BCUT2D eigenvalue weighted by molar-refractivity contribution is 5.93. The second-order valence-corrected chi connectivity index (χ2v) is 8.75. The molecule has 0 aliphatic heterocycles. The van der Waals surface area contributed by atoms with Crippen LogP contribution in [0.15, 0.2) is 41.3 Å². The van der Waals surface area contributed by atoms with Crippen molar-refractivity contribution in [1.29, 1.82) is 0 Å². The molecule has 3 aromatic rings.